The van der Waals surface area contributed by atoms with Crippen LogP contribution in [0.5, 0.6) is 0 Å². The Bertz CT molecular complexity index is 409. The van der Waals surface area contributed by atoms with Crippen LogP contribution in [0.2, 0.25) is 0 Å². The number of nitrogens with zero attached hydrogens (tertiary/aromatic N) is 1. The van der Waals surface area contributed by atoms with Crippen molar-refractivity contribution >= 4 is 5.78 Å². The van der Waals surface area contributed by atoms with Crippen molar-refractivity contribution in [3.05, 3.63) is 42.3 Å². The Morgan fingerprint density at radius 2 is 1.78 bits per heavy atom. The summed E-state index contributed by atoms with van der Waals surface area (Å²) in [5, 5.41) is 0. The Morgan fingerprint density at radius 3 is 2.17 bits per heavy atom. The topological polar surface area (TPSA) is 20.3 Å². The van der Waals surface area contributed by atoms with Gasteiger partial charge in [-0.2, -0.15) is 13.2 Å². The van der Waals surface area contributed by atoms with E-state index in [2.05, 4.69) is 6.92 Å². The number of alkyl halides is 3. The van der Waals surface area contributed by atoms with E-state index < -0.39 is 17.8 Å². The van der Waals surface area contributed by atoms with E-state index in [0.29, 0.717) is 5.56 Å². The molecular weight excluding hydrogens is 243 g/mol. The summed E-state index contributed by atoms with van der Waals surface area (Å²) in [6, 6.07) is 4.12. The number of Topliss-reactive ketones (excluding diaryl/α,β-unsaturated/α-hetero) is 1. The minimum absolute atomic E-state index is 0.0878. The van der Waals surface area contributed by atoms with Gasteiger partial charge >= 0.3 is 6.18 Å². The third-order valence-corrected chi connectivity index (χ3v) is 2.65. The average Bonchev–Trinajstić information content (AvgIpc) is 2.27. The molecule has 0 bridgehead atoms. The van der Waals surface area contributed by atoms with Crippen molar-refractivity contribution in [2.75, 3.05) is 14.1 Å². The lowest BCUT2D eigenvalue weighted by Gasteiger charge is -2.18. The van der Waals surface area contributed by atoms with Gasteiger partial charge in [0.1, 0.15) is 0 Å². The van der Waals surface area contributed by atoms with Gasteiger partial charge in [-0.3, -0.25) is 9.69 Å². The molecule has 1 unspecified atom stereocenters. The molecule has 0 aliphatic heterocycles. The fraction of sp³-hybridized carbons (Fsp3) is 0.385. The Kier molecular flexibility index (Phi) is 4.51. The molecule has 0 aliphatic rings. The smallest absolute Gasteiger partial charge is 0.300 e. The predicted molar refractivity (Wildman–Crippen MR) is 63.0 cm³/mol. The molecule has 1 rings (SSSR count). The minimum atomic E-state index is -4.35. The highest BCUT2D eigenvalue weighted by Crippen LogP contribution is 2.29. The number of halogens is 3. The van der Waals surface area contributed by atoms with Crippen molar-refractivity contribution in [3.8, 4) is 0 Å². The first kappa shape index (κ1) is 14.7. The van der Waals surface area contributed by atoms with Crippen LogP contribution in [0, 0.1) is 6.92 Å². The van der Waals surface area contributed by atoms with Crippen LogP contribution >= 0.6 is 0 Å². The Labute approximate surface area is 104 Å². The molecule has 1 aromatic carbocycles. The zero-order valence-electron chi connectivity index (χ0n) is 10.3. The molecule has 0 spiro atoms. The lowest BCUT2D eigenvalue weighted by Crippen LogP contribution is -2.34. The number of hydrogen-bond donors (Lipinski definition) is 0. The molecule has 1 radical (unpaired) electrons. The first-order chi connectivity index (χ1) is 8.21. The van der Waals surface area contributed by atoms with Crippen LogP contribution in [0.15, 0.2) is 24.3 Å². The molecule has 0 amide bonds. The van der Waals surface area contributed by atoms with Crippen LogP contribution in [0.3, 0.4) is 0 Å². The van der Waals surface area contributed by atoms with E-state index in [9.17, 15) is 18.0 Å². The Hall–Kier alpha value is -1.36. The molecule has 5 heteroatoms. The lowest BCUT2D eigenvalue weighted by molar-refractivity contribution is -0.137. The summed E-state index contributed by atoms with van der Waals surface area (Å²) in [4.78, 5) is 13.4. The Morgan fingerprint density at radius 1 is 1.28 bits per heavy atom. The average molecular weight is 258 g/mol. The van der Waals surface area contributed by atoms with Crippen molar-refractivity contribution in [2.24, 2.45) is 0 Å². The second-order valence-electron chi connectivity index (χ2n) is 4.32. The van der Waals surface area contributed by atoms with Crippen LogP contribution in [-0.4, -0.2) is 30.8 Å². The number of ketones is 1. The first-order valence-electron chi connectivity index (χ1n) is 5.40. The molecule has 1 atom stereocenters. The standard InChI is InChI=1S/C13H15F3NO/c1-9(17(2)3)12(18)8-10-4-6-11(7-5-10)13(14,15)16/h4-7,9H,1,8H2,2-3H3. The van der Waals surface area contributed by atoms with Gasteiger partial charge in [-0.15, -0.1) is 0 Å². The fourth-order valence-electron chi connectivity index (χ4n) is 1.42. The molecule has 99 valence electrons. The summed E-state index contributed by atoms with van der Waals surface area (Å²) >= 11 is 0. The van der Waals surface area contributed by atoms with Crippen molar-refractivity contribution in [3.63, 3.8) is 0 Å². The van der Waals surface area contributed by atoms with Crippen molar-refractivity contribution in [2.45, 2.75) is 18.6 Å². The summed E-state index contributed by atoms with van der Waals surface area (Å²) in [5.74, 6) is -0.125. The van der Waals surface area contributed by atoms with Gasteiger partial charge in [0.25, 0.3) is 0 Å². The van der Waals surface area contributed by atoms with Crippen molar-refractivity contribution in [1.29, 1.82) is 0 Å². The van der Waals surface area contributed by atoms with Gasteiger partial charge in [0.05, 0.1) is 11.6 Å². The second-order valence-corrected chi connectivity index (χ2v) is 4.32. The van der Waals surface area contributed by atoms with Crippen LogP contribution < -0.4 is 0 Å². The van der Waals surface area contributed by atoms with Crippen LogP contribution in [0.4, 0.5) is 13.2 Å². The molecule has 0 aromatic heterocycles. The van der Waals surface area contributed by atoms with Gasteiger partial charge in [-0.1, -0.05) is 12.1 Å². The normalized spacial score (nSPS) is 13.7. The van der Waals surface area contributed by atoms with Gasteiger partial charge in [-0.25, -0.2) is 0 Å². The molecule has 18 heavy (non-hydrogen) atoms. The molecule has 0 N–H and O–H groups in total. The van der Waals surface area contributed by atoms with Crippen LogP contribution in [-0.2, 0) is 17.4 Å². The number of rotatable bonds is 4. The van der Waals surface area contributed by atoms with E-state index in [1.54, 1.807) is 19.0 Å². The van der Waals surface area contributed by atoms with Gasteiger partial charge in [0, 0.05) is 6.42 Å². The van der Waals surface area contributed by atoms with Gasteiger partial charge in [0.15, 0.2) is 5.78 Å². The predicted octanol–water partition coefficient (Wildman–Crippen LogP) is 2.58. The summed E-state index contributed by atoms with van der Waals surface area (Å²) in [5.41, 5.74) is -0.152. The van der Waals surface area contributed by atoms with E-state index in [-0.39, 0.29) is 12.2 Å². The minimum Gasteiger partial charge on any atom is -0.300 e. The van der Waals surface area contributed by atoms with E-state index in [1.165, 1.54) is 12.1 Å². The largest absolute Gasteiger partial charge is 0.416 e. The summed E-state index contributed by atoms with van der Waals surface area (Å²) in [7, 11) is 3.45. The maximum Gasteiger partial charge on any atom is 0.416 e. The zero-order valence-corrected chi connectivity index (χ0v) is 10.3. The maximum atomic E-state index is 12.3. The molecule has 0 saturated carbocycles. The highest BCUT2D eigenvalue weighted by atomic mass is 19.4. The number of likely N-dealkylation sites (N-methyl/N-ethyl adjacent to an activating group) is 1. The highest BCUT2D eigenvalue weighted by molar-refractivity contribution is 5.86. The molecule has 0 aliphatic carbocycles. The van der Waals surface area contributed by atoms with Gasteiger partial charge in [-0.05, 0) is 38.7 Å². The summed E-state index contributed by atoms with van der Waals surface area (Å²) in [6.45, 7) is 3.69. The number of hydrogen-bond acceptors (Lipinski definition) is 2. The van der Waals surface area contributed by atoms with E-state index in [4.69, 9.17) is 0 Å². The van der Waals surface area contributed by atoms with Crippen molar-refractivity contribution in [1.82, 2.24) is 4.90 Å². The first-order valence-corrected chi connectivity index (χ1v) is 5.40. The molecule has 0 fully saturated rings. The van der Waals surface area contributed by atoms with Crippen molar-refractivity contribution < 1.29 is 18.0 Å². The molecule has 0 saturated heterocycles. The Balaban J connectivity index is 2.73. The van der Waals surface area contributed by atoms with E-state index >= 15 is 0 Å². The number of benzene rings is 1. The van der Waals surface area contributed by atoms with Crippen LogP contribution in [0.1, 0.15) is 11.1 Å². The van der Waals surface area contributed by atoms with Crippen LogP contribution in [0.25, 0.3) is 0 Å². The second kappa shape index (κ2) is 5.52. The number of carbonyl (C=O) groups excluding carboxylic acids is 1. The highest BCUT2D eigenvalue weighted by Gasteiger charge is 2.30. The number of carbonyl (C=O) groups is 1. The maximum absolute atomic E-state index is 12.3. The van der Waals surface area contributed by atoms with E-state index in [0.717, 1.165) is 12.1 Å². The lowest BCUT2D eigenvalue weighted by atomic mass is 10.0. The molecular formula is C13H15F3NO. The quantitative estimate of drug-likeness (QED) is 0.827. The summed E-state index contributed by atoms with van der Waals surface area (Å²) < 4.78 is 37.0. The van der Waals surface area contributed by atoms with E-state index in [1.807, 2.05) is 0 Å². The monoisotopic (exact) mass is 258 g/mol. The molecule has 0 heterocycles. The third-order valence-electron chi connectivity index (χ3n) is 2.65. The fourth-order valence-corrected chi connectivity index (χ4v) is 1.42. The summed E-state index contributed by atoms with van der Waals surface area (Å²) in [6.07, 6.45) is -4.26. The molecule has 1 aromatic rings. The SMILES string of the molecule is [CH2]C(C(=O)Cc1ccc(C(F)(F)F)cc1)N(C)C. The third kappa shape index (κ3) is 3.84. The zero-order chi connectivity index (χ0) is 13.9. The van der Waals surface area contributed by atoms with Gasteiger partial charge in [0.2, 0.25) is 0 Å². The molecule has 2 nitrogen and oxygen atoms in total. The van der Waals surface area contributed by atoms with Gasteiger partial charge < -0.3 is 0 Å².